The van der Waals surface area contributed by atoms with E-state index in [0.29, 0.717) is 18.6 Å². The van der Waals surface area contributed by atoms with E-state index in [-0.39, 0.29) is 6.61 Å². The number of hydrogen-bond acceptors (Lipinski definition) is 4. The average Bonchev–Trinajstić information content (AvgIpc) is 2.20. The van der Waals surface area contributed by atoms with E-state index in [1.54, 1.807) is 6.08 Å². The lowest BCUT2D eigenvalue weighted by atomic mass is 10.2. The topological polar surface area (TPSA) is 52.6 Å². The summed E-state index contributed by atoms with van der Waals surface area (Å²) in [5.74, 6) is -0.805. The van der Waals surface area contributed by atoms with Crippen molar-refractivity contribution in [2.75, 3.05) is 13.2 Å². The predicted molar refractivity (Wildman–Crippen MR) is 56.3 cm³/mol. The third kappa shape index (κ3) is 6.71. The van der Waals surface area contributed by atoms with Crippen LogP contribution >= 0.6 is 0 Å². The summed E-state index contributed by atoms with van der Waals surface area (Å²) < 4.78 is 9.69. The van der Waals surface area contributed by atoms with Crippen molar-refractivity contribution in [2.45, 2.75) is 33.6 Å². The lowest BCUT2D eigenvalue weighted by Gasteiger charge is -2.07. The van der Waals surface area contributed by atoms with Crippen molar-refractivity contribution in [3.05, 3.63) is 11.6 Å². The zero-order valence-corrected chi connectivity index (χ0v) is 9.54. The van der Waals surface area contributed by atoms with Crippen molar-refractivity contribution in [3.63, 3.8) is 0 Å². The Morgan fingerprint density at radius 3 is 2.33 bits per heavy atom. The quantitative estimate of drug-likeness (QED) is 0.500. The highest BCUT2D eigenvalue weighted by Crippen LogP contribution is 2.02. The highest BCUT2D eigenvalue weighted by Gasteiger charge is 2.11. The second-order valence-electron chi connectivity index (χ2n) is 3.05. The molecule has 0 saturated carbocycles. The van der Waals surface area contributed by atoms with Gasteiger partial charge in [-0.1, -0.05) is 19.9 Å². The summed E-state index contributed by atoms with van der Waals surface area (Å²) in [7, 11) is 0. The van der Waals surface area contributed by atoms with Crippen LogP contribution in [0.2, 0.25) is 0 Å². The molecule has 0 aliphatic heterocycles. The molecule has 0 spiro atoms. The Bertz CT molecular complexity index is 243. The Labute approximate surface area is 90.2 Å². The van der Waals surface area contributed by atoms with E-state index in [0.717, 1.165) is 6.42 Å². The van der Waals surface area contributed by atoms with Gasteiger partial charge in [0.15, 0.2) is 0 Å². The minimum Gasteiger partial charge on any atom is -0.462 e. The van der Waals surface area contributed by atoms with Gasteiger partial charge in [-0.3, -0.25) is 4.79 Å². The second kappa shape index (κ2) is 8.03. The van der Waals surface area contributed by atoms with Crippen LogP contribution in [0.25, 0.3) is 0 Å². The van der Waals surface area contributed by atoms with Crippen LogP contribution in [0, 0.1) is 0 Å². The fraction of sp³-hybridized carbons (Fsp3) is 0.636. The Hall–Kier alpha value is -1.32. The highest BCUT2D eigenvalue weighted by atomic mass is 16.5. The molecular weight excluding hydrogens is 196 g/mol. The van der Waals surface area contributed by atoms with Gasteiger partial charge in [0.2, 0.25) is 0 Å². The van der Waals surface area contributed by atoms with Gasteiger partial charge in [0.1, 0.15) is 6.61 Å². The number of ether oxygens (including phenoxy) is 2. The lowest BCUT2D eigenvalue weighted by molar-refractivity contribution is -0.143. The van der Waals surface area contributed by atoms with Crippen molar-refractivity contribution in [2.24, 2.45) is 0 Å². The molecule has 0 aromatic carbocycles. The van der Waals surface area contributed by atoms with Crippen LogP contribution in [0.1, 0.15) is 33.6 Å². The summed E-state index contributed by atoms with van der Waals surface area (Å²) in [5.41, 5.74) is 0.404. The van der Waals surface area contributed by atoms with E-state index in [1.165, 1.54) is 6.92 Å². The first-order chi connectivity index (χ1) is 7.11. The number of allylic oxidation sites excluding steroid dienone is 1. The van der Waals surface area contributed by atoms with E-state index in [2.05, 4.69) is 0 Å². The van der Waals surface area contributed by atoms with Gasteiger partial charge in [0.05, 0.1) is 12.2 Å². The van der Waals surface area contributed by atoms with Crippen molar-refractivity contribution in [3.8, 4) is 0 Å². The van der Waals surface area contributed by atoms with Crippen LogP contribution in [0.3, 0.4) is 0 Å². The molecule has 0 unspecified atom stereocenters. The van der Waals surface area contributed by atoms with Crippen LogP contribution in [0.15, 0.2) is 11.6 Å². The molecule has 0 amide bonds. The molecule has 0 aliphatic rings. The zero-order chi connectivity index (χ0) is 11.7. The van der Waals surface area contributed by atoms with Gasteiger partial charge in [-0.25, -0.2) is 4.79 Å². The summed E-state index contributed by atoms with van der Waals surface area (Å²) in [5, 5.41) is 0. The maximum atomic E-state index is 11.4. The molecule has 0 saturated heterocycles. The summed E-state index contributed by atoms with van der Waals surface area (Å²) >= 11 is 0. The molecule has 0 N–H and O–H groups in total. The maximum Gasteiger partial charge on any atom is 0.337 e. The summed E-state index contributed by atoms with van der Waals surface area (Å²) in [6, 6.07) is 0. The average molecular weight is 214 g/mol. The predicted octanol–water partition coefficient (Wildman–Crippen LogP) is 1.84. The minimum atomic E-state index is -0.403. The highest BCUT2D eigenvalue weighted by molar-refractivity contribution is 5.89. The van der Waals surface area contributed by atoms with E-state index >= 15 is 0 Å². The summed E-state index contributed by atoms with van der Waals surface area (Å²) in [6.07, 6.45) is 3.19. The molecular formula is C11H18O4. The van der Waals surface area contributed by atoms with Gasteiger partial charge in [0.25, 0.3) is 0 Å². The van der Waals surface area contributed by atoms with Crippen molar-refractivity contribution >= 4 is 11.9 Å². The van der Waals surface area contributed by atoms with Crippen LogP contribution in [0.5, 0.6) is 0 Å². The second-order valence-corrected chi connectivity index (χ2v) is 3.05. The molecule has 0 aliphatic carbocycles. The number of rotatable bonds is 6. The third-order valence-electron chi connectivity index (χ3n) is 1.58. The molecule has 4 nitrogen and oxygen atoms in total. The van der Waals surface area contributed by atoms with Crippen molar-refractivity contribution in [1.29, 1.82) is 0 Å². The molecule has 86 valence electrons. The standard InChI is InChI=1S/C11H18O4/c1-4-6-10(8-15-9(3)12)11(13)14-7-5-2/h6H,4-5,7-8H2,1-3H3. The summed E-state index contributed by atoms with van der Waals surface area (Å²) in [6.45, 7) is 5.51. The van der Waals surface area contributed by atoms with Gasteiger partial charge in [-0.2, -0.15) is 0 Å². The molecule has 15 heavy (non-hydrogen) atoms. The van der Waals surface area contributed by atoms with Crippen molar-refractivity contribution in [1.82, 2.24) is 0 Å². The normalized spacial score (nSPS) is 11.0. The number of hydrogen-bond donors (Lipinski definition) is 0. The van der Waals surface area contributed by atoms with Crippen LogP contribution < -0.4 is 0 Å². The molecule has 0 radical (unpaired) electrons. The minimum absolute atomic E-state index is 0.00821. The first-order valence-electron chi connectivity index (χ1n) is 5.11. The lowest BCUT2D eigenvalue weighted by Crippen LogP contribution is -2.14. The molecule has 0 fully saturated rings. The fourth-order valence-corrected chi connectivity index (χ4v) is 0.914. The SMILES string of the molecule is CCC=C(COC(C)=O)C(=O)OCCC. The molecule has 0 aromatic heterocycles. The first kappa shape index (κ1) is 13.7. The summed E-state index contributed by atoms with van der Waals surface area (Å²) in [4.78, 5) is 22.0. The zero-order valence-electron chi connectivity index (χ0n) is 9.54. The molecule has 0 aromatic rings. The van der Waals surface area contributed by atoms with E-state index < -0.39 is 11.9 Å². The first-order valence-corrected chi connectivity index (χ1v) is 5.11. The number of esters is 2. The van der Waals surface area contributed by atoms with Crippen LogP contribution in [-0.4, -0.2) is 25.2 Å². The van der Waals surface area contributed by atoms with E-state index in [1.807, 2.05) is 13.8 Å². The smallest absolute Gasteiger partial charge is 0.337 e. The Kier molecular flexibility index (Phi) is 7.32. The third-order valence-corrected chi connectivity index (χ3v) is 1.58. The van der Waals surface area contributed by atoms with E-state index in [9.17, 15) is 9.59 Å². The van der Waals surface area contributed by atoms with Crippen LogP contribution in [-0.2, 0) is 19.1 Å². The van der Waals surface area contributed by atoms with Gasteiger partial charge in [0, 0.05) is 6.92 Å². The fourth-order valence-electron chi connectivity index (χ4n) is 0.914. The molecule has 0 heterocycles. The van der Waals surface area contributed by atoms with E-state index in [4.69, 9.17) is 9.47 Å². The molecule has 4 heteroatoms. The van der Waals surface area contributed by atoms with Gasteiger partial charge in [-0.05, 0) is 12.8 Å². The number of carbonyl (C=O) groups is 2. The maximum absolute atomic E-state index is 11.4. The molecule has 0 rings (SSSR count). The van der Waals surface area contributed by atoms with Gasteiger partial charge < -0.3 is 9.47 Å². The van der Waals surface area contributed by atoms with Gasteiger partial charge in [-0.15, -0.1) is 0 Å². The largest absolute Gasteiger partial charge is 0.462 e. The monoisotopic (exact) mass is 214 g/mol. The number of carbonyl (C=O) groups excluding carboxylic acids is 2. The molecule has 0 atom stereocenters. The van der Waals surface area contributed by atoms with Gasteiger partial charge >= 0.3 is 11.9 Å². The molecule has 0 bridgehead atoms. The van der Waals surface area contributed by atoms with Crippen LogP contribution in [0.4, 0.5) is 0 Å². The van der Waals surface area contributed by atoms with Crippen molar-refractivity contribution < 1.29 is 19.1 Å². The Balaban J connectivity index is 4.20. The Morgan fingerprint density at radius 2 is 1.87 bits per heavy atom. The Morgan fingerprint density at radius 1 is 1.20 bits per heavy atom.